The summed E-state index contributed by atoms with van der Waals surface area (Å²) < 4.78 is 43.0. The molecule has 4 rings (SSSR count). The van der Waals surface area contributed by atoms with Gasteiger partial charge in [-0.25, -0.2) is 4.68 Å². The van der Waals surface area contributed by atoms with E-state index < -0.39 is 24.2 Å². The van der Waals surface area contributed by atoms with E-state index in [0.717, 1.165) is 9.15 Å². The van der Waals surface area contributed by atoms with Gasteiger partial charge in [0.25, 0.3) is 5.91 Å². The first-order valence-electron chi connectivity index (χ1n) is 8.97. The number of hydrogen-bond donors (Lipinski definition) is 2. The van der Waals surface area contributed by atoms with Gasteiger partial charge in [0.05, 0.1) is 6.04 Å². The standard InChI is InChI=1S/C20H15BrClF3N4O/c21-12-6-8-13(9-7-12)26-19(30)17-16(22)18-27-14(11-4-2-1-3-5-11)10-15(20(23,24)25)29(18)28-17/h1-9,14-15,27H,10H2,(H,26,30). The molecule has 0 radical (unpaired) electrons. The van der Waals surface area contributed by atoms with E-state index in [1.54, 1.807) is 54.6 Å². The predicted octanol–water partition coefficient (Wildman–Crippen LogP) is 6.21. The molecule has 156 valence electrons. The largest absolute Gasteiger partial charge is 0.410 e. The minimum Gasteiger partial charge on any atom is -0.362 e. The zero-order chi connectivity index (χ0) is 21.5. The third kappa shape index (κ3) is 4.04. The molecule has 30 heavy (non-hydrogen) atoms. The summed E-state index contributed by atoms with van der Waals surface area (Å²) in [5.74, 6) is -0.719. The molecule has 0 aliphatic carbocycles. The number of amides is 1. The molecule has 2 aromatic carbocycles. The van der Waals surface area contributed by atoms with Crippen molar-refractivity contribution in [1.82, 2.24) is 9.78 Å². The fraction of sp³-hybridized carbons (Fsp3) is 0.200. The van der Waals surface area contributed by atoms with E-state index in [0.29, 0.717) is 11.3 Å². The molecule has 0 saturated heterocycles. The monoisotopic (exact) mass is 498 g/mol. The molecule has 5 nitrogen and oxygen atoms in total. The Morgan fingerprint density at radius 1 is 1.17 bits per heavy atom. The second kappa shape index (κ2) is 7.96. The molecule has 0 fully saturated rings. The quantitative estimate of drug-likeness (QED) is 0.450. The lowest BCUT2D eigenvalue weighted by Gasteiger charge is -2.33. The second-order valence-corrected chi connectivity index (χ2v) is 8.11. The molecular formula is C20H15BrClF3N4O. The van der Waals surface area contributed by atoms with Crippen molar-refractivity contribution < 1.29 is 18.0 Å². The van der Waals surface area contributed by atoms with Gasteiger partial charge in [-0.3, -0.25) is 4.79 Å². The number of carbonyl (C=O) groups excluding carboxylic acids is 1. The summed E-state index contributed by atoms with van der Waals surface area (Å²) in [5, 5.41) is 9.38. The molecule has 10 heteroatoms. The number of halogens is 5. The van der Waals surface area contributed by atoms with E-state index in [1.807, 2.05) is 0 Å². The van der Waals surface area contributed by atoms with Gasteiger partial charge in [-0.1, -0.05) is 57.9 Å². The maximum absolute atomic E-state index is 13.8. The van der Waals surface area contributed by atoms with Crippen molar-refractivity contribution in [3.8, 4) is 0 Å². The van der Waals surface area contributed by atoms with Gasteiger partial charge in [0, 0.05) is 16.6 Å². The number of rotatable bonds is 3. The second-order valence-electron chi connectivity index (χ2n) is 6.82. The molecule has 3 aromatic rings. The lowest BCUT2D eigenvalue weighted by Crippen LogP contribution is -2.35. The summed E-state index contributed by atoms with van der Waals surface area (Å²) >= 11 is 9.61. The van der Waals surface area contributed by atoms with Gasteiger partial charge >= 0.3 is 6.18 Å². The molecule has 2 N–H and O–H groups in total. The van der Waals surface area contributed by atoms with Crippen LogP contribution >= 0.6 is 27.5 Å². The number of fused-ring (bicyclic) bond motifs is 1. The van der Waals surface area contributed by atoms with E-state index in [4.69, 9.17) is 11.6 Å². The Bertz CT molecular complexity index is 1070. The smallest absolute Gasteiger partial charge is 0.362 e. The number of benzene rings is 2. The van der Waals surface area contributed by atoms with E-state index in [9.17, 15) is 18.0 Å². The van der Waals surface area contributed by atoms with Crippen LogP contribution in [0.4, 0.5) is 24.7 Å². The van der Waals surface area contributed by atoms with Crippen molar-refractivity contribution >= 4 is 44.9 Å². The lowest BCUT2D eigenvalue weighted by atomic mass is 9.97. The Hall–Kier alpha value is -2.52. The van der Waals surface area contributed by atoms with Gasteiger partial charge in [-0.05, 0) is 29.8 Å². The maximum atomic E-state index is 13.8. The summed E-state index contributed by atoms with van der Waals surface area (Å²) in [7, 11) is 0. The highest BCUT2D eigenvalue weighted by Gasteiger charge is 2.47. The molecule has 1 aliphatic rings. The summed E-state index contributed by atoms with van der Waals surface area (Å²) in [4.78, 5) is 12.7. The summed E-state index contributed by atoms with van der Waals surface area (Å²) in [5.41, 5.74) is 0.883. The van der Waals surface area contributed by atoms with Crippen LogP contribution in [-0.2, 0) is 0 Å². The molecular weight excluding hydrogens is 485 g/mol. The predicted molar refractivity (Wildman–Crippen MR) is 112 cm³/mol. The van der Waals surface area contributed by atoms with Crippen molar-refractivity contribution in [2.45, 2.75) is 24.7 Å². The van der Waals surface area contributed by atoms with Crippen LogP contribution < -0.4 is 10.6 Å². The minimum absolute atomic E-state index is 0.0277. The van der Waals surface area contributed by atoms with Gasteiger partial charge in [0.2, 0.25) is 0 Å². The highest BCUT2D eigenvalue weighted by Crippen LogP contribution is 2.46. The van der Waals surface area contributed by atoms with E-state index in [-0.39, 0.29) is 23.0 Å². The Morgan fingerprint density at radius 2 is 1.83 bits per heavy atom. The summed E-state index contributed by atoms with van der Waals surface area (Å²) in [6, 6.07) is 13.0. The van der Waals surface area contributed by atoms with Crippen molar-refractivity contribution in [2.75, 3.05) is 10.6 Å². The highest BCUT2D eigenvalue weighted by atomic mass is 79.9. The first-order chi connectivity index (χ1) is 14.2. The van der Waals surface area contributed by atoms with Crippen LogP contribution in [0, 0.1) is 0 Å². The highest BCUT2D eigenvalue weighted by molar-refractivity contribution is 9.10. The number of nitrogens with zero attached hydrogens (tertiary/aromatic N) is 2. The fourth-order valence-electron chi connectivity index (χ4n) is 3.36. The van der Waals surface area contributed by atoms with Crippen molar-refractivity contribution in [1.29, 1.82) is 0 Å². The zero-order valence-corrected chi connectivity index (χ0v) is 17.6. The Morgan fingerprint density at radius 3 is 2.47 bits per heavy atom. The van der Waals surface area contributed by atoms with E-state index in [1.165, 1.54) is 0 Å². The first-order valence-corrected chi connectivity index (χ1v) is 10.1. The molecule has 2 heterocycles. The topological polar surface area (TPSA) is 59.0 Å². The van der Waals surface area contributed by atoms with Crippen LogP contribution in [0.15, 0.2) is 59.1 Å². The molecule has 0 saturated carbocycles. The van der Waals surface area contributed by atoms with Gasteiger partial charge in [0.1, 0.15) is 10.8 Å². The molecule has 2 unspecified atom stereocenters. The van der Waals surface area contributed by atoms with Gasteiger partial charge in [-0.15, -0.1) is 0 Å². The van der Waals surface area contributed by atoms with Crippen LogP contribution in [0.3, 0.4) is 0 Å². The average Bonchev–Trinajstić information content (AvgIpc) is 3.05. The number of hydrogen-bond acceptors (Lipinski definition) is 3. The first kappa shape index (κ1) is 20.7. The van der Waals surface area contributed by atoms with Crippen LogP contribution in [0.5, 0.6) is 0 Å². The molecule has 1 amide bonds. The van der Waals surface area contributed by atoms with E-state index >= 15 is 0 Å². The number of anilines is 2. The van der Waals surface area contributed by atoms with Crippen molar-refractivity contribution in [3.05, 3.63) is 75.4 Å². The molecule has 0 spiro atoms. The molecule has 2 atom stereocenters. The number of alkyl halides is 3. The minimum atomic E-state index is -4.56. The van der Waals surface area contributed by atoms with E-state index in [2.05, 4.69) is 31.7 Å². The fourth-order valence-corrected chi connectivity index (χ4v) is 3.89. The number of nitrogens with one attached hydrogen (secondary N) is 2. The summed E-state index contributed by atoms with van der Waals surface area (Å²) in [6.45, 7) is 0. The SMILES string of the molecule is O=C(Nc1ccc(Br)cc1)c1nn2c(c1Cl)NC(c1ccccc1)CC2C(F)(F)F. The summed E-state index contributed by atoms with van der Waals surface area (Å²) in [6.07, 6.45) is -4.83. The molecule has 0 bridgehead atoms. The number of carbonyl (C=O) groups is 1. The molecule has 1 aliphatic heterocycles. The van der Waals surface area contributed by atoms with Crippen molar-refractivity contribution in [2.24, 2.45) is 0 Å². The third-order valence-corrected chi connectivity index (χ3v) is 5.70. The average molecular weight is 500 g/mol. The van der Waals surface area contributed by atoms with Crippen LogP contribution in [-0.4, -0.2) is 21.9 Å². The van der Waals surface area contributed by atoms with Gasteiger partial charge < -0.3 is 10.6 Å². The Balaban J connectivity index is 1.69. The van der Waals surface area contributed by atoms with Gasteiger partial charge in [-0.2, -0.15) is 18.3 Å². The third-order valence-electron chi connectivity index (χ3n) is 4.81. The lowest BCUT2D eigenvalue weighted by molar-refractivity contribution is -0.173. The van der Waals surface area contributed by atoms with Crippen LogP contribution in [0.25, 0.3) is 0 Å². The van der Waals surface area contributed by atoms with Gasteiger partial charge in [0.15, 0.2) is 11.7 Å². The Labute approximate surface area is 183 Å². The van der Waals surface area contributed by atoms with Crippen LogP contribution in [0.1, 0.15) is 34.6 Å². The number of aromatic nitrogens is 2. The van der Waals surface area contributed by atoms with Crippen molar-refractivity contribution in [3.63, 3.8) is 0 Å². The van der Waals surface area contributed by atoms with Crippen LogP contribution in [0.2, 0.25) is 5.02 Å². The zero-order valence-electron chi connectivity index (χ0n) is 15.3. The molecule has 1 aromatic heterocycles. The Kier molecular flexibility index (Phi) is 5.50. The maximum Gasteiger partial charge on any atom is 0.410 e. The normalized spacial score (nSPS) is 18.4.